The average molecular weight is 317 g/mol. The van der Waals surface area contributed by atoms with Crippen LogP contribution in [0.15, 0.2) is 16.8 Å². The molecule has 3 heterocycles. The number of nitrogens with zero attached hydrogens (tertiary/aromatic N) is 4. The van der Waals surface area contributed by atoms with E-state index in [0.717, 1.165) is 24.2 Å². The number of carbonyl (C=O) groups is 2. The Labute approximate surface area is 133 Å². The molecule has 1 fully saturated rings. The van der Waals surface area contributed by atoms with Gasteiger partial charge < -0.3 is 15.1 Å². The fourth-order valence-electron chi connectivity index (χ4n) is 2.92. The number of aromatic nitrogens is 3. The molecule has 1 unspecified atom stereocenters. The Hall–Kier alpha value is -2.64. The third kappa shape index (κ3) is 2.96. The molecule has 2 aromatic heterocycles. The normalized spacial score (nSPS) is 18.2. The van der Waals surface area contributed by atoms with Crippen LogP contribution < -0.4 is 5.73 Å². The fourth-order valence-corrected chi connectivity index (χ4v) is 2.92. The summed E-state index contributed by atoms with van der Waals surface area (Å²) in [5, 5.41) is 4.09. The maximum absolute atomic E-state index is 12.6. The summed E-state index contributed by atoms with van der Waals surface area (Å²) < 4.78 is 7.13. The lowest BCUT2D eigenvalue weighted by Gasteiger charge is -2.32. The molecular weight excluding hydrogens is 298 g/mol. The Morgan fingerprint density at radius 2 is 2.17 bits per heavy atom. The van der Waals surface area contributed by atoms with Gasteiger partial charge in [0, 0.05) is 18.7 Å². The topological polar surface area (TPSA) is 107 Å². The number of amides is 2. The summed E-state index contributed by atoms with van der Waals surface area (Å²) in [6.07, 6.45) is 3.20. The molecule has 0 bridgehead atoms. The Morgan fingerprint density at radius 3 is 2.78 bits per heavy atom. The molecule has 3 rings (SSSR count). The zero-order valence-electron chi connectivity index (χ0n) is 13.2. The molecular formula is C15H19N5O3. The van der Waals surface area contributed by atoms with Crippen LogP contribution in [0.3, 0.4) is 0 Å². The summed E-state index contributed by atoms with van der Waals surface area (Å²) in [6, 6.07) is 1.83. The number of rotatable bonds is 3. The predicted molar refractivity (Wildman–Crippen MR) is 80.9 cm³/mol. The van der Waals surface area contributed by atoms with E-state index in [-0.39, 0.29) is 17.8 Å². The van der Waals surface area contributed by atoms with E-state index < -0.39 is 5.91 Å². The lowest BCUT2D eigenvalue weighted by atomic mass is 10.1. The van der Waals surface area contributed by atoms with Crippen molar-refractivity contribution in [2.75, 3.05) is 13.1 Å². The minimum atomic E-state index is -0.658. The first kappa shape index (κ1) is 15.3. The third-order valence-electron chi connectivity index (χ3n) is 4.02. The third-order valence-corrected chi connectivity index (χ3v) is 4.02. The highest BCUT2D eigenvalue weighted by atomic mass is 16.4. The number of carbonyl (C=O) groups excluding carboxylic acids is 2. The molecule has 8 nitrogen and oxygen atoms in total. The van der Waals surface area contributed by atoms with Gasteiger partial charge in [0.1, 0.15) is 12.1 Å². The molecule has 0 aliphatic carbocycles. The van der Waals surface area contributed by atoms with Gasteiger partial charge in [-0.3, -0.25) is 9.59 Å². The SMILES string of the molecule is Cc1cc(C)c(C(=O)N2CCCC(n3cnc(C(N)=O)n3)C2)o1. The van der Waals surface area contributed by atoms with E-state index in [1.54, 1.807) is 9.58 Å². The molecule has 23 heavy (non-hydrogen) atoms. The van der Waals surface area contributed by atoms with Crippen LogP contribution in [-0.4, -0.2) is 44.6 Å². The molecule has 8 heteroatoms. The molecule has 1 aliphatic rings. The van der Waals surface area contributed by atoms with Crippen LogP contribution in [0.1, 0.15) is 51.4 Å². The molecule has 1 aliphatic heterocycles. The molecule has 0 aromatic carbocycles. The van der Waals surface area contributed by atoms with E-state index >= 15 is 0 Å². The van der Waals surface area contributed by atoms with Crippen LogP contribution in [0.2, 0.25) is 0 Å². The van der Waals surface area contributed by atoms with Crippen molar-refractivity contribution in [3.63, 3.8) is 0 Å². The molecule has 0 spiro atoms. The van der Waals surface area contributed by atoms with Gasteiger partial charge in [0.05, 0.1) is 6.04 Å². The van der Waals surface area contributed by atoms with Crippen molar-refractivity contribution >= 4 is 11.8 Å². The number of piperidine rings is 1. The van der Waals surface area contributed by atoms with Crippen molar-refractivity contribution in [2.45, 2.75) is 32.7 Å². The number of hydrogen-bond acceptors (Lipinski definition) is 5. The van der Waals surface area contributed by atoms with Crippen LogP contribution in [0.25, 0.3) is 0 Å². The second kappa shape index (κ2) is 5.86. The highest BCUT2D eigenvalue weighted by molar-refractivity contribution is 5.93. The number of likely N-dealkylation sites (tertiary alicyclic amines) is 1. The summed E-state index contributed by atoms with van der Waals surface area (Å²) in [7, 11) is 0. The second-order valence-corrected chi connectivity index (χ2v) is 5.83. The molecule has 0 saturated carbocycles. The van der Waals surface area contributed by atoms with Gasteiger partial charge in [0.25, 0.3) is 11.8 Å². The van der Waals surface area contributed by atoms with Crippen LogP contribution in [-0.2, 0) is 0 Å². The second-order valence-electron chi connectivity index (χ2n) is 5.83. The van der Waals surface area contributed by atoms with Crippen molar-refractivity contribution in [3.8, 4) is 0 Å². The fraction of sp³-hybridized carbons (Fsp3) is 0.467. The lowest BCUT2D eigenvalue weighted by Crippen LogP contribution is -2.41. The van der Waals surface area contributed by atoms with E-state index in [1.807, 2.05) is 19.9 Å². The van der Waals surface area contributed by atoms with Gasteiger partial charge in [-0.25, -0.2) is 9.67 Å². The first-order valence-corrected chi connectivity index (χ1v) is 7.53. The highest BCUT2D eigenvalue weighted by Crippen LogP contribution is 2.24. The molecule has 2 aromatic rings. The number of primary amides is 1. The standard InChI is InChI=1S/C15H19N5O3/c1-9-6-10(2)23-12(9)15(22)19-5-3-4-11(7-19)20-8-17-14(18-20)13(16)21/h6,8,11H,3-5,7H2,1-2H3,(H2,16,21). The van der Waals surface area contributed by atoms with E-state index in [9.17, 15) is 9.59 Å². The minimum absolute atomic E-state index is 0.00838. The number of furan rings is 1. The Kier molecular flexibility index (Phi) is 3.89. The largest absolute Gasteiger partial charge is 0.456 e. The van der Waals surface area contributed by atoms with Gasteiger partial charge in [-0.1, -0.05) is 0 Å². The van der Waals surface area contributed by atoms with E-state index in [0.29, 0.717) is 18.8 Å². The zero-order valence-corrected chi connectivity index (χ0v) is 13.2. The number of nitrogens with two attached hydrogens (primary N) is 1. The lowest BCUT2D eigenvalue weighted by molar-refractivity contribution is 0.0637. The highest BCUT2D eigenvalue weighted by Gasteiger charge is 2.29. The van der Waals surface area contributed by atoms with Gasteiger partial charge in [-0.15, -0.1) is 5.10 Å². The average Bonchev–Trinajstić information content (AvgIpc) is 3.13. The van der Waals surface area contributed by atoms with Crippen molar-refractivity contribution in [3.05, 3.63) is 35.3 Å². The van der Waals surface area contributed by atoms with E-state index in [2.05, 4.69) is 10.1 Å². The Balaban J connectivity index is 1.76. The van der Waals surface area contributed by atoms with Crippen LogP contribution in [0.4, 0.5) is 0 Å². The van der Waals surface area contributed by atoms with Crippen LogP contribution in [0.5, 0.6) is 0 Å². The minimum Gasteiger partial charge on any atom is -0.456 e. The van der Waals surface area contributed by atoms with E-state index in [4.69, 9.17) is 10.2 Å². The van der Waals surface area contributed by atoms with Gasteiger partial charge in [-0.2, -0.15) is 0 Å². The molecule has 1 saturated heterocycles. The first-order chi connectivity index (χ1) is 11.0. The molecule has 2 N–H and O–H groups in total. The summed E-state index contributed by atoms with van der Waals surface area (Å²) >= 11 is 0. The van der Waals surface area contributed by atoms with Crippen molar-refractivity contribution < 1.29 is 14.0 Å². The Morgan fingerprint density at radius 1 is 1.39 bits per heavy atom. The van der Waals surface area contributed by atoms with Crippen LogP contribution >= 0.6 is 0 Å². The maximum atomic E-state index is 12.6. The molecule has 0 radical (unpaired) electrons. The first-order valence-electron chi connectivity index (χ1n) is 7.53. The van der Waals surface area contributed by atoms with E-state index in [1.165, 1.54) is 6.33 Å². The Bertz CT molecular complexity index is 748. The van der Waals surface area contributed by atoms with Gasteiger partial charge in [0.15, 0.2) is 5.76 Å². The van der Waals surface area contributed by atoms with Crippen molar-refractivity contribution in [2.24, 2.45) is 5.73 Å². The van der Waals surface area contributed by atoms with Gasteiger partial charge >= 0.3 is 0 Å². The predicted octanol–water partition coefficient (Wildman–Crippen LogP) is 1.06. The molecule has 2 amide bonds. The summed E-state index contributed by atoms with van der Waals surface area (Å²) in [4.78, 5) is 29.4. The number of hydrogen-bond donors (Lipinski definition) is 1. The van der Waals surface area contributed by atoms with Crippen molar-refractivity contribution in [1.82, 2.24) is 19.7 Å². The smallest absolute Gasteiger partial charge is 0.289 e. The van der Waals surface area contributed by atoms with Gasteiger partial charge in [0.2, 0.25) is 5.82 Å². The quantitative estimate of drug-likeness (QED) is 0.911. The zero-order chi connectivity index (χ0) is 16.6. The maximum Gasteiger partial charge on any atom is 0.289 e. The van der Waals surface area contributed by atoms with Gasteiger partial charge in [-0.05, 0) is 32.8 Å². The summed E-state index contributed by atoms with van der Waals surface area (Å²) in [5.74, 6) is 0.331. The van der Waals surface area contributed by atoms with Crippen molar-refractivity contribution in [1.29, 1.82) is 0 Å². The molecule has 1 atom stereocenters. The summed E-state index contributed by atoms with van der Waals surface area (Å²) in [5.41, 5.74) is 6.01. The number of aryl methyl sites for hydroxylation is 2. The molecule has 122 valence electrons. The van der Waals surface area contributed by atoms with Crippen LogP contribution in [0, 0.1) is 13.8 Å². The monoisotopic (exact) mass is 317 g/mol. The summed E-state index contributed by atoms with van der Waals surface area (Å²) in [6.45, 7) is 4.86.